The van der Waals surface area contributed by atoms with Crippen molar-refractivity contribution in [3.05, 3.63) is 23.3 Å². The number of hydrogen-bond donors (Lipinski definition) is 1. The standard InChI is InChI=1S/C15H26O/c1-6-7-8-12-9-10-15(5,16)13(11-12)14(2,3)4/h9,11,16H,6-8,10H2,1-5H3. The molecule has 0 fully saturated rings. The van der Waals surface area contributed by atoms with Crippen molar-refractivity contribution in [2.75, 3.05) is 0 Å². The van der Waals surface area contributed by atoms with E-state index in [1.54, 1.807) is 0 Å². The van der Waals surface area contributed by atoms with Crippen LogP contribution in [0.25, 0.3) is 0 Å². The molecule has 0 aromatic heterocycles. The van der Waals surface area contributed by atoms with Crippen LogP contribution >= 0.6 is 0 Å². The van der Waals surface area contributed by atoms with Crippen LogP contribution in [0.15, 0.2) is 23.3 Å². The molecule has 1 unspecified atom stereocenters. The molecule has 1 aliphatic carbocycles. The van der Waals surface area contributed by atoms with Crippen LogP contribution in [0.4, 0.5) is 0 Å². The van der Waals surface area contributed by atoms with E-state index in [2.05, 4.69) is 39.8 Å². The Bertz CT molecular complexity index is 300. The van der Waals surface area contributed by atoms with Gasteiger partial charge in [-0.3, -0.25) is 0 Å². The van der Waals surface area contributed by atoms with Gasteiger partial charge in [0.05, 0.1) is 5.60 Å². The van der Waals surface area contributed by atoms with E-state index in [4.69, 9.17) is 0 Å². The molecule has 0 amide bonds. The van der Waals surface area contributed by atoms with Crippen LogP contribution in [0.1, 0.15) is 60.3 Å². The maximum Gasteiger partial charge on any atom is 0.0871 e. The van der Waals surface area contributed by atoms with Gasteiger partial charge in [-0.05, 0) is 37.2 Å². The van der Waals surface area contributed by atoms with Crippen molar-refractivity contribution >= 4 is 0 Å². The summed E-state index contributed by atoms with van der Waals surface area (Å²) in [6.07, 6.45) is 8.79. The average molecular weight is 222 g/mol. The van der Waals surface area contributed by atoms with Gasteiger partial charge in [-0.1, -0.05) is 51.8 Å². The van der Waals surface area contributed by atoms with Crippen LogP contribution in [0.5, 0.6) is 0 Å². The molecule has 1 nitrogen and oxygen atoms in total. The molecule has 1 rings (SSSR count). The third-order valence-electron chi connectivity index (χ3n) is 3.30. The predicted molar refractivity (Wildman–Crippen MR) is 70.4 cm³/mol. The molecule has 0 heterocycles. The molecule has 1 N–H and O–H groups in total. The van der Waals surface area contributed by atoms with Gasteiger partial charge in [-0.15, -0.1) is 0 Å². The fraction of sp³-hybridized carbons (Fsp3) is 0.733. The zero-order chi connectivity index (χ0) is 12.4. The lowest BCUT2D eigenvalue weighted by molar-refractivity contribution is 0.0794. The second kappa shape index (κ2) is 4.75. The van der Waals surface area contributed by atoms with Gasteiger partial charge in [-0.25, -0.2) is 0 Å². The first-order valence-electron chi connectivity index (χ1n) is 6.41. The lowest BCUT2D eigenvalue weighted by atomic mass is 9.72. The lowest BCUT2D eigenvalue weighted by Crippen LogP contribution is -2.35. The summed E-state index contributed by atoms with van der Waals surface area (Å²) in [6.45, 7) is 10.7. The summed E-state index contributed by atoms with van der Waals surface area (Å²) in [4.78, 5) is 0. The van der Waals surface area contributed by atoms with Crippen molar-refractivity contribution in [1.29, 1.82) is 0 Å². The highest BCUT2D eigenvalue weighted by atomic mass is 16.3. The molecule has 0 radical (unpaired) electrons. The van der Waals surface area contributed by atoms with E-state index >= 15 is 0 Å². The third kappa shape index (κ3) is 3.21. The molecule has 1 aliphatic rings. The Morgan fingerprint density at radius 3 is 2.50 bits per heavy atom. The molecule has 0 saturated heterocycles. The smallest absolute Gasteiger partial charge is 0.0871 e. The van der Waals surface area contributed by atoms with Gasteiger partial charge in [0.15, 0.2) is 0 Å². The molecular formula is C15H26O. The Hall–Kier alpha value is -0.560. The van der Waals surface area contributed by atoms with Crippen molar-refractivity contribution in [3.8, 4) is 0 Å². The first-order valence-corrected chi connectivity index (χ1v) is 6.41. The Morgan fingerprint density at radius 2 is 2.00 bits per heavy atom. The van der Waals surface area contributed by atoms with Crippen molar-refractivity contribution < 1.29 is 5.11 Å². The number of aliphatic hydroxyl groups is 1. The fourth-order valence-corrected chi connectivity index (χ4v) is 2.42. The molecule has 0 aliphatic heterocycles. The number of hydrogen-bond acceptors (Lipinski definition) is 1. The van der Waals surface area contributed by atoms with E-state index in [9.17, 15) is 5.11 Å². The lowest BCUT2D eigenvalue weighted by Gasteiger charge is -2.37. The Labute approximate surface area is 100 Å². The molecule has 0 aromatic rings. The highest BCUT2D eigenvalue weighted by Crippen LogP contribution is 2.40. The monoisotopic (exact) mass is 222 g/mol. The van der Waals surface area contributed by atoms with Gasteiger partial charge in [0.1, 0.15) is 0 Å². The fourth-order valence-electron chi connectivity index (χ4n) is 2.42. The average Bonchev–Trinajstić information content (AvgIpc) is 2.14. The van der Waals surface area contributed by atoms with Gasteiger partial charge in [0.25, 0.3) is 0 Å². The molecule has 0 spiro atoms. The van der Waals surface area contributed by atoms with E-state index < -0.39 is 5.60 Å². The van der Waals surface area contributed by atoms with Gasteiger partial charge >= 0.3 is 0 Å². The summed E-state index contributed by atoms with van der Waals surface area (Å²) >= 11 is 0. The summed E-state index contributed by atoms with van der Waals surface area (Å²) in [6, 6.07) is 0. The van der Waals surface area contributed by atoms with Crippen LogP contribution in [-0.4, -0.2) is 10.7 Å². The molecule has 16 heavy (non-hydrogen) atoms. The van der Waals surface area contributed by atoms with Crippen LogP contribution < -0.4 is 0 Å². The van der Waals surface area contributed by atoms with Gasteiger partial charge < -0.3 is 5.11 Å². The molecule has 1 atom stereocenters. The quantitative estimate of drug-likeness (QED) is 0.757. The van der Waals surface area contributed by atoms with E-state index in [1.807, 2.05) is 6.92 Å². The highest BCUT2D eigenvalue weighted by Gasteiger charge is 2.34. The minimum Gasteiger partial charge on any atom is -0.385 e. The largest absolute Gasteiger partial charge is 0.385 e. The molecular weight excluding hydrogens is 196 g/mol. The van der Waals surface area contributed by atoms with E-state index in [0.29, 0.717) is 0 Å². The number of rotatable bonds is 3. The van der Waals surface area contributed by atoms with E-state index in [-0.39, 0.29) is 5.41 Å². The van der Waals surface area contributed by atoms with Crippen LogP contribution in [0.2, 0.25) is 0 Å². The van der Waals surface area contributed by atoms with Crippen LogP contribution in [-0.2, 0) is 0 Å². The SMILES string of the molecule is CCCCC1=CCC(C)(O)C(C(C)(C)C)=C1. The summed E-state index contributed by atoms with van der Waals surface area (Å²) in [5.41, 5.74) is 1.97. The normalized spacial score (nSPS) is 26.4. The Balaban J connectivity index is 2.90. The van der Waals surface area contributed by atoms with Crippen molar-refractivity contribution in [2.45, 2.75) is 65.9 Å². The van der Waals surface area contributed by atoms with E-state index in [0.717, 1.165) is 12.8 Å². The number of allylic oxidation sites excluding steroid dienone is 2. The van der Waals surface area contributed by atoms with Gasteiger partial charge in [-0.2, -0.15) is 0 Å². The summed E-state index contributed by atoms with van der Waals surface area (Å²) in [7, 11) is 0. The van der Waals surface area contributed by atoms with Gasteiger partial charge in [0, 0.05) is 0 Å². The van der Waals surface area contributed by atoms with Crippen molar-refractivity contribution in [3.63, 3.8) is 0 Å². The second-order valence-corrected chi connectivity index (χ2v) is 6.17. The Kier molecular flexibility index (Phi) is 4.01. The summed E-state index contributed by atoms with van der Waals surface area (Å²) < 4.78 is 0. The molecule has 0 bridgehead atoms. The topological polar surface area (TPSA) is 20.2 Å². The second-order valence-electron chi connectivity index (χ2n) is 6.17. The first kappa shape index (κ1) is 13.5. The molecule has 92 valence electrons. The molecule has 0 aromatic carbocycles. The van der Waals surface area contributed by atoms with E-state index in [1.165, 1.54) is 24.0 Å². The third-order valence-corrected chi connectivity index (χ3v) is 3.30. The minimum atomic E-state index is -0.659. The van der Waals surface area contributed by atoms with Gasteiger partial charge in [0.2, 0.25) is 0 Å². The first-order chi connectivity index (χ1) is 7.27. The maximum absolute atomic E-state index is 10.4. The summed E-state index contributed by atoms with van der Waals surface area (Å²) in [5, 5.41) is 10.4. The zero-order valence-electron chi connectivity index (χ0n) is 11.4. The van der Waals surface area contributed by atoms with Crippen molar-refractivity contribution in [2.24, 2.45) is 5.41 Å². The predicted octanol–water partition coefficient (Wildman–Crippen LogP) is 4.23. The molecule has 0 saturated carbocycles. The minimum absolute atomic E-state index is 0.0508. The number of unbranched alkanes of at least 4 members (excludes halogenated alkanes) is 1. The molecule has 1 heteroatoms. The highest BCUT2D eigenvalue weighted by molar-refractivity contribution is 5.37. The van der Waals surface area contributed by atoms with Crippen LogP contribution in [0, 0.1) is 5.41 Å². The maximum atomic E-state index is 10.4. The summed E-state index contributed by atoms with van der Waals surface area (Å²) in [5.74, 6) is 0. The Morgan fingerprint density at radius 1 is 1.38 bits per heavy atom. The zero-order valence-corrected chi connectivity index (χ0v) is 11.4. The van der Waals surface area contributed by atoms with Crippen molar-refractivity contribution in [1.82, 2.24) is 0 Å². The van der Waals surface area contributed by atoms with Crippen LogP contribution in [0.3, 0.4) is 0 Å².